The van der Waals surface area contributed by atoms with Gasteiger partial charge in [-0.2, -0.15) is 18.3 Å². The van der Waals surface area contributed by atoms with Gasteiger partial charge in [-0.05, 0) is 11.6 Å². The smallest absolute Gasteiger partial charge is 0.386 e. The van der Waals surface area contributed by atoms with E-state index in [2.05, 4.69) is 10.4 Å². The maximum Gasteiger partial charge on any atom is 0.416 e. The Morgan fingerprint density at radius 3 is 2.53 bits per heavy atom. The first-order valence-electron chi connectivity index (χ1n) is 5.36. The SMILES string of the molecule is CNc1cnn(Cc2ccccc2C(F)(F)F)c1.Cl. The Balaban J connectivity index is 0.00000180. The van der Waals surface area contributed by atoms with Crippen molar-refractivity contribution in [2.75, 3.05) is 12.4 Å². The molecule has 104 valence electrons. The number of alkyl halides is 3. The average molecular weight is 292 g/mol. The number of aromatic nitrogens is 2. The Hall–Kier alpha value is -1.69. The zero-order valence-corrected chi connectivity index (χ0v) is 10.9. The van der Waals surface area contributed by atoms with Crippen LogP contribution in [0.5, 0.6) is 0 Å². The summed E-state index contributed by atoms with van der Waals surface area (Å²) >= 11 is 0. The summed E-state index contributed by atoms with van der Waals surface area (Å²) in [5, 5.41) is 6.86. The molecule has 0 fully saturated rings. The number of halogens is 4. The van der Waals surface area contributed by atoms with Gasteiger partial charge in [0.15, 0.2) is 0 Å². The molecule has 1 aromatic heterocycles. The van der Waals surface area contributed by atoms with Crippen molar-refractivity contribution in [3.8, 4) is 0 Å². The Morgan fingerprint density at radius 1 is 1.26 bits per heavy atom. The fourth-order valence-electron chi connectivity index (χ4n) is 1.69. The quantitative estimate of drug-likeness (QED) is 0.939. The molecule has 1 N–H and O–H groups in total. The summed E-state index contributed by atoms with van der Waals surface area (Å²) in [4.78, 5) is 0. The molecule has 7 heteroatoms. The summed E-state index contributed by atoms with van der Waals surface area (Å²) < 4.78 is 39.8. The summed E-state index contributed by atoms with van der Waals surface area (Å²) in [6.07, 6.45) is -1.11. The van der Waals surface area contributed by atoms with Gasteiger partial charge in [0.25, 0.3) is 0 Å². The van der Waals surface area contributed by atoms with E-state index < -0.39 is 11.7 Å². The lowest BCUT2D eigenvalue weighted by atomic mass is 10.1. The fourth-order valence-corrected chi connectivity index (χ4v) is 1.69. The molecular formula is C12H13ClF3N3. The van der Waals surface area contributed by atoms with Crippen LogP contribution in [0.1, 0.15) is 11.1 Å². The topological polar surface area (TPSA) is 29.9 Å². The van der Waals surface area contributed by atoms with Crippen molar-refractivity contribution in [1.82, 2.24) is 9.78 Å². The van der Waals surface area contributed by atoms with Gasteiger partial charge in [0.2, 0.25) is 0 Å². The van der Waals surface area contributed by atoms with Crippen LogP contribution in [0.15, 0.2) is 36.7 Å². The summed E-state index contributed by atoms with van der Waals surface area (Å²) in [5.74, 6) is 0. The first kappa shape index (κ1) is 15.4. The van der Waals surface area contributed by atoms with Crippen LogP contribution in [0.3, 0.4) is 0 Å². The summed E-state index contributed by atoms with van der Waals surface area (Å²) in [7, 11) is 1.73. The molecule has 0 spiro atoms. The van der Waals surface area contributed by atoms with Crippen molar-refractivity contribution in [1.29, 1.82) is 0 Å². The van der Waals surface area contributed by atoms with Crippen molar-refractivity contribution < 1.29 is 13.2 Å². The van der Waals surface area contributed by atoms with Gasteiger partial charge < -0.3 is 5.32 Å². The van der Waals surface area contributed by atoms with E-state index in [0.29, 0.717) is 0 Å². The minimum Gasteiger partial charge on any atom is -0.386 e. The van der Waals surface area contributed by atoms with E-state index in [1.54, 1.807) is 25.5 Å². The van der Waals surface area contributed by atoms with Crippen LogP contribution in [0.2, 0.25) is 0 Å². The standard InChI is InChI=1S/C12H12F3N3.ClH/c1-16-10-6-17-18(8-10)7-9-4-2-3-5-11(9)12(13,14)15;/h2-6,8,16H,7H2,1H3;1H. The third-order valence-corrected chi connectivity index (χ3v) is 2.58. The second kappa shape index (κ2) is 5.97. The van der Waals surface area contributed by atoms with Crippen LogP contribution < -0.4 is 5.32 Å². The zero-order chi connectivity index (χ0) is 13.2. The molecule has 19 heavy (non-hydrogen) atoms. The highest BCUT2D eigenvalue weighted by atomic mass is 35.5. The first-order chi connectivity index (χ1) is 8.50. The van der Waals surface area contributed by atoms with Gasteiger partial charge in [-0.15, -0.1) is 12.4 Å². The van der Waals surface area contributed by atoms with E-state index in [4.69, 9.17) is 0 Å². The van der Waals surface area contributed by atoms with Gasteiger partial charge in [0.05, 0.1) is 24.0 Å². The largest absolute Gasteiger partial charge is 0.416 e. The highest BCUT2D eigenvalue weighted by molar-refractivity contribution is 5.85. The van der Waals surface area contributed by atoms with Gasteiger partial charge in [-0.3, -0.25) is 4.68 Å². The van der Waals surface area contributed by atoms with Crippen LogP contribution in [-0.2, 0) is 12.7 Å². The van der Waals surface area contributed by atoms with E-state index in [0.717, 1.165) is 11.8 Å². The Morgan fingerprint density at radius 2 is 1.95 bits per heavy atom. The van der Waals surface area contributed by atoms with Gasteiger partial charge in [0, 0.05) is 13.2 Å². The maximum atomic E-state index is 12.8. The third kappa shape index (κ3) is 3.64. The highest BCUT2D eigenvalue weighted by Crippen LogP contribution is 2.32. The second-order valence-corrected chi connectivity index (χ2v) is 3.83. The van der Waals surface area contributed by atoms with Crippen molar-refractivity contribution in [3.05, 3.63) is 47.8 Å². The van der Waals surface area contributed by atoms with Crippen LogP contribution in [0.4, 0.5) is 18.9 Å². The first-order valence-corrected chi connectivity index (χ1v) is 5.36. The molecule has 0 saturated carbocycles. The lowest BCUT2D eigenvalue weighted by Gasteiger charge is -2.12. The van der Waals surface area contributed by atoms with Gasteiger partial charge >= 0.3 is 6.18 Å². The molecule has 2 rings (SSSR count). The van der Waals surface area contributed by atoms with Crippen molar-refractivity contribution in [2.24, 2.45) is 0 Å². The average Bonchev–Trinajstić information content (AvgIpc) is 2.76. The van der Waals surface area contributed by atoms with Gasteiger partial charge in [-0.1, -0.05) is 18.2 Å². The Labute approximate surface area is 114 Å². The monoisotopic (exact) mass is 291 g/mol. The number of hydrogen-bond donors (Lipinski definition) is 1. The molecule has 0 bridgehead atoms. The summed E-state index contributed by atoms with van der Waals surface area (Å²) in [6, 6.07) is 5.52. The highest BCUT2D eigenvalue weighted by Gasteiger charge is 2.32. The van der Waals surface area contributed by atoms with E-state index in [-0.39, 0.29) is 24.5 Å². The molecule has 0 saturated heterocycles. The normalized spacial score (nSPS) is 10.9. The number of hydrogen-bond acceptors (Lipinski definition) is 2. The fraction of sp³-hybridized carbons (Fsp3) is 0.250. The molecule has 3 nitrogen and oxygen atoms in total. The molecule has 0 aliphatic carbocycles. The van der Waals surface area contributed by atoms with Crippen molar-refractivity contribution in [2.45, 2.75) is 12.7 Å². The third-order valence-electron chi connectivity index (χ3n) is 2.58. The second-order valence-electron chi connectivity index (χ2n) is 3.83. The summed E-state index contributed by atoms with van der Waals surface area (Å²) in [5.41, 5.74) is 0.349. The van der Waals surface area contributed by atoms with Crippen LogP contribution in [0, 0.1) is 0 Å². The molecular weight excluding hydrogens is 279 g/mol. The van der Waals surface area contributed by atoms with Crippen molar-refractivity contribution >= 4 is 18.1 Å². The summed E-state index contributed by atoms with van der Waals surface area (Å²) in [6.45, 7) is 0.0946. The maximum absolute atomic E-state index is 12.8. The zero-order valence-electron chi connectivity index (χ0n) is 10.1. The van der Waals surface area contributed by atoms with E-state index >= 15 is 0 Å². The van der Waals surface area contributed by atoms with Gasteiger partial charge in [0.1, 0.15) is 0 Å². The molecule has 0 radical (unpaired) electrons. The minimum atomic E-state index is -4.34. The number of benzene rings is 1. The molecule has 2 aromatic rings. The predicted molar refractivity (Wildman–Crippen MR) is 69.6 cm³/mol. The van der Waals surface area contributed by atoms with Crippen LogP contribution in [-0.4, -0.2) is 16.8 Å². The predicted octanol–water partition coefficient (Wildman–Crippen LogP) is 3.41. The molecule has 0 aliphatic heterocycles. The van der Waals surface area contributed by atoms with E-state index in [1.165, 1.54) is 16.8 Å². The lowest BCUT2D eigenvalue weighted by Crippen LogP contribution is -2.11. The number of nitrogens with one attached hydrogen (secondary N) is 1. The minimum absolute atomic E-state index is 0. The Bertz CT molecular complexity index is 537. The molecule has 1 aromatic carbocycles. The van der Waals surface area contributed by atoms with Gasteiger partial charge in [-0.25, -0.2) is 0 Å². The molecule has 1 heterocycles. The lowest BCUT2D eigenvalue weighted by molar-refractivity contribution is -0.138. The van der Waals surface area contributed by atoms with E-state index in [9.17, 15) is 13.2 Å². The van der Waals surface area contributed by atoms with Crippen LogP contribution in [0.25, 0.3) is 0 Å². The molecule has 0 aliphatic rings. The molecule has 0 unspecified atom stereocenters. The number of nitrogens with zero attached hydrogens (tertiary/aromatic N) is 2. The number of anilines is 1. The van der Waals surface area contributed by atoms with E-state index in [1.807, 2.05) is 0 Å². The number of rotatable bonds is 3. The molecule has 0 amide bonds. The molecule has 0 atom stereocenters. The Kier molecular flexibility index (Phi) is 4.83. The van der Waals surface area contributed by atoms with Crippen molar-refractivity contribution in [3.63, 3.8) is 0 Å². The van der Waals surface area contributed by atoms with Crippen LogP contribution >= 0.6 is 12.4 Å².